The molecule has 0 spiro atoms. The van der Waals surface area contributed by atoms with E-state index < -0.39 is 0 Å². The van der Waals surface area contributed by atoms with Crippen LogP contribution in [0.4, 0.5) is 0 Å². The Labute approximate surface area is 177 Å². The summed E-state index contributed by atoms with van der Waals surface area (Å²) in [6.07, 6.45) is 0. The van der Waals surface area contributed by atoms with Gasteiger partial charge in [-0.3, -0.25) is 4.79 Å². The van der Waals surface area contributed by atoms with Crippen molar-refractivity contribution in [1.29, 1.82) is 0 Å². The zero-order valence-corrected chi connectivity index (χ0v) is 17.5. The number of carbonyl (C=O) groups excluding carboxylic acids is 1. The largest absolute Gasteiger partial charge is 0.487 e. The molecule has 0 saturated carbocycles. The first kappa shape index (κ1) is 19.4. The number of hydrogen-bond donors (Lipinski definition) is 1. The number of thiazole rings is 1. The summed E-state index contributed by atoms with van der Waals surface area (Å²) in [5.74, 6) is 0.512. The summed E-state index contributed by atoms with van der Waals surface area (Å²) < 4.78 is 5.82. The number of nitrogens with zero attached hydrogens (tertiary/aromatic N) is 1. The molecule has 0 aliphatic carbocycles. The Bertz CT molecular complexity index is 1080. The van der Waals surface area contributed by atoms with Crippen molar-refractivity contribution >= 4 is 28.6 Å². The van der Waals surface area contributed by atoms with Gasteiger partial charge in [-0.2, -0.15) is 0 Å². The second kappa shape index (κ2) is 9.03. The Kier molecular flexibility index (Phi) is 6.03. The van der Waals surface area contributed by atoms with Crippen molar-refractivity contribution in [2.24, 2.45) is 0 Å². The molecule has 4 nitrogen and oxygen atoms in total. The van der Waals surface area contributed by atoms with Crippen molar-refractivity contribution in [2.45, 2.75) is 19.6 Å². The lowest BCUT2D eigenvalue weighted by Gasteiger charge is -2.18. The number of aromatic nitrogens is 1. The molecule has 146 valence electrons. The molecule has 0 aliphatic rings. The summed E-state index contributed by atoms with van der Waals surface area (Å²) in [5, 5.41) is 8.18. The van der Waals surface area contributed by atoms with Gasteiger partial charge in [-0.15, -0.1) is 22.7 Å². The summed E-state index contributed by atoms with van der Waals surface area (Å²) in [6, 6.07) is 21.1. The quantitative estimate of drug-likeness (QED) is 0.423. The normalized spacial score (nSPS) is 11.8. The Morgan fingerprint density at radius 2 is 1.93 bits per heavy atom. The molecule has 0 fully saturated rings. The summed E-state index contributed by atoms with van der Waals surface area (Å²) in [4.78, 5) is 18.5. The number of benzene rings is 2. The summed E-state index contributed by atoms with van der Waals surface area (Å²) in [7, 11) is 0. The molecule has 2 aromatic heterocycles. The van der Waals surface area contributed by atoms with Crippen LogP contribution in [-0.4, -0.2) is 10.9 Å². The third-order valence-electron chi connectivity index (χ3n) is 4.39. The van der Waals surface area contributed by atoms with E-state index in [0.29, 0.717) is 17.9 Å². The van der Waals surface area contributed by atoms with Crippen molar-refractivity contribution in [3.63, 3.8) is 0 Å². The van der Waals surface area contributed by atoms with Gasteiger partial charge in [-0.05, 0) is 42.1 Å². The van der Waals surface area contributed by atoms with Crippen LogP contribution in [-0.2, 0) is 6.61 Å². The predicted octanol–water partition coefficient (Wildman–Crippen LogP) is 5.61. The van der Waals surface area contributed by atoms with E-state index in [1.54, 1.807) is 34.8 Å². The number of hydrogen-bond acceptors (Lipinski definition) is 5. The number of nitrogens with one attached hydrogen (secondary N) is 1. The first-order valence-corrected chi connectivity index (χ1v) is 11.0. The Morgan fingerprint density at radius 1 is 1.07 bits per heavy atom. The van der Waals surface area contributed by atoms with Crippen LogP contribution >= 0.6 is 22.7 Å². The molecule has 4 aromatic rings. The Hall–Kier alpha value is -2.96. The SMILES string of the molecule is Cc1nc(COc2cccc(C(=O)N[C@H](c3ccccc3)c3cccs3)c2)cs1. The Balaban J connectivity index is 1.49. The summed E-state index contributed by atoms with van der Waals surface area (Å²) in [6.45, 7) is 2.35. The van der Waals surface area contributed by atoms with Crippen molar-refractivity contribution in [2.75, 3.05) is 0 Å². The van der Waals surface area contributed by atoms with Crippen LogP contribution in [0.1, 0.15) is 37.5 Å². The van der Waals surface area contributed by atoms with Crippen molar-refractivity contribution in [1.82, 2.24) is 10.3 Å². The number of aryl methyl sites for hydroxylation is 1. The molecule has 0 bridgehead atoms. The van der Waals surface area contributed by atoms with Crippen LogP contribution in [0, 0.1) is 6.92 Å². The van der Waals surface area contributed by atoms with Gasteiger partial charge in [0, 0.05) is 15.8 Å². The van der Waals surface area contributed by atoms with Gasteiger partial charge in [-0.25, -0.2) is 4.98 Å². The van der Waals surface area contributed by atoms with Crippen LogP contribution in [0.15, 0.2) is 77.5 Å². The van der Waals surface area contributed by atoms with E-state index in [-0.39, 0.29) is 11.9 Å². The van der Waals surface area contributed by atoms with E-state index in [1.165, 1.54) is 0 Å². The van der Waals surface area contributed by atoms with Crippen LogP contribution in [0.25, 0.3) is 0 Å². The first-order valence-electron chi connectivity index (χ1n) is 9.22. The van der Waals surface area contributed by atoms with Gasteiger partial charge < -0.3 is 10.1 Å². The smallest absolute Gasteiger partial charge is 0.252 e. The molecule has 1 atom stereocenters. The minimum Gasteiger partial charge on any atom is -0.487 e. The molecular formula is C23H20N2O2S2. The maximum Gasteiger partial charge on any atom is 0.252 e. The molecular weight excluding hydrogens is 400 g/mol. The van der Waals surface area contributed by atoms with Crippen LogP contribution in [0.3, 0.4) is 0 Å². The van der Waals surface area contributed by atoms with Crippen molar-refractivity contribution < 1.29 is 9.53 Å². The van der Waals surface area contributed by atoms with Gasteiger partial charge >= 0.3 is 0 Å². The van der Waals surface area contributed by atoms with Crippen LogP contribution in [0.5, 0.6) is 5.75 Å². The van der Waals surface area contributed by atoms with E-state index in [2.05, 4.69) is 10.3 Å². The Morgan fingerprint density at radius 3 is 2.66 bits per heavy atom. The topological polar surface area (TPSA) is 51.2 Å². The van der Waals surface area contributed by atoms with E-state index in [4.69, 9.17) is 4.74 Å². The maximum atomic E-state index is 13.0. The molecule has 0 saturated heterocycles. The van der Waals surface area contributed by atoms with Gasteiger partial charge in [-0.1, -0.05) is 42.5 Å². The fourth-order valence-electron chi connectivity index (χ4n) is 2.99. The number of carbonyl (C=O) groups is 1. The minimum atomic E-state index is -0.189. The fourth-order valence-corrected chi connectivity index (χ4v) is 4.39. The number of ether oxygens (including phenoxy) is 1. The molecule has 0 aliphatic heterocycles. The van der Waals surface area contributed by atoms with Crippen molar-refractivity contribution in [3.8, 4) is 5.75 Å². The lowest BCUT2D eigenvalue weighted by atomic mass is 10.0. The molecule has 0 unspecified atom stereocenters. The molecule has 29 heavy (non-hydrogen) atoms. The molecule has 2 aromatic carbocycles. The van der Waals surface area contributed by atoms with Gasteiger partial charge in [0.25, 0.3) is 5.91 Å². The highest BCUT2D eigenvalue weighted by Crippen LogP contribution is 2.26. The molecule has 1 amide bonds. The van der Waals surface area contributed by atoms with Crippen LogP contribution in [0.2, 0.25) is 0 Å². The molecule has 6 heteroatoms. The monoisotopic (exact) mass is 420 g/mol. The third kappa shape index (κ3) is 4.91. The minimum absolute atomic E-state index is 0.137. The van der Waals surface area contributed by atoms with E-state index in [0.717, 1.165) is 21.1 Å². The second-order valence-electron chi connectivity index (χ2n) is 6.51. The van der Waals surface area contributed by atoms with E-state index in [9.17, 15) is 4.79 Å². The van der Waals surface area contributed by atoms with Gasteiger partial charge in [0.1, 0.15) is 12.4 Å². The molecule has 0 radical (unpaired) electrons. The van der Waals surface area contributed by atoms with E-state index in [1.807, 2.05) is 72.3 Å². The number of rotatable bonds is 7. The number of amides is 1. The zero-order valence-electron chi connectivity index (χ0n) is 15.9. The van der Waals surface area contributed by atoms with Gasteiger partial charge in [0.2, 0.25) is 0 Å². The number of thiophene rings is 1. The van der Waals surface area contributed by atoms with E-state index >= 15 is 0 Å². The second-order valence-corrected chi connectivity index (χ2v) is 8.55. The third-order valence-corrected chi connectivity index (χ3v) is 6.15. The summed E-state index contributed by atoms with van der Waals surface area (Å²) in [5.41, 5.74) is 2.51. The average molecular weight is 421 g/mol. The molecule has 2 heterocycles. The highest BCUT2D eigenvalue weighted by molar-refractivity contribution is 7.10. The highest BCUT2D eigenvalue weighted by Gasteiger charge is 2.19. The van der Waals surface area contributed by atoms with Gasteiger partial charge in [0.05, 0.1) is 16.7 Å². The fraction of sp³-hybridized carbons (Fsp3) is 0.130. The molecule has 4 rings (SSSR count). The molecule has 1 N–H and O–H groups in total. The highest BCUT2D eigenvalue weighted by atomic mass is 32.1. The van der Waals surface area contributed by atoms with Crippen molar-refractivity contribution in [3.05, 3.63) is 104 Å². The van der Waals surface area contributed by atoms with Gasteiger partial charge in [0.15, 0.2) is 0 Å². The predicted molar refractivity (Wildman–Crippen MR) is 118 cm³/mol. The average Bonchev–Trinajstić information content (AvgIpc) is 3.43. The lowest BCUT2D eigenvalue weighted by molar-refractivity contribution is 0.0943. The zero-order chi connectivity index (χ0) is 20.1. The maximum absolute atomic E-state index is 13.0. The van der Waals surface area contributed by atoms with Crippen LogP contribution < -0.4 is 10.1 Å². The standard InChI is InChI=1S/C23H20N2O2S2/c1-16-24-19(15-29-16)14-27-20-10-5-9-18(13-20)23(26)25-22(21-11-6-12-28-21)17-7-3-2-4-8-17/h2-13,15,22H,14H2,1H3,(H,25,26)/t22-/m1/s1. The lowest BCUT2D eigenvalue weighted by Crippen LogP contribution is -2.28. The summed E-state index contributed by atoms with van der Waals surface area (Å²) >= 11 is 3.23. The first-order chi connectivity index (χ1) is 14.2.